The molecule has 0 saturated carbocycles. The van der Waals surface area contributed by atoms with E-state index in [4.69, 9.17) is 0 Å². The smallest absolute Gasteiger partial charge is 0.251 e. The maximum Gasteiger partial charge on any atom is 0.251 e. The number of carbonyl (C=O) groups is 2. The molecule has 1 heterocycles. The van der Waals surface area contributed by atoms with Crippen molar-refractivity contribution in [3.8, 4) is 0 Å². The summed E-state index contributed by atoms with van der Waals surface area (Å²) < 4.78 is 0. The molecule has 0 aliphatic carbocycles. The quantitative estimate of drug-likeness (QED) is 0.582. The van der Waals surface area contributed by atoms with Gasteiger partial charge in [0.25, 0.3) is 5.91 Å². The summed E-state index contributed by atoms with van der Waals surface area (Å²) in [6.07, 6.45) is 1.46. The SMILES string of the molecule is Cc1cc(C)cc(NC(=O)C(Nc2cccc(N3CCCC3=O)c2)c2ccccc2)c1. The van der Waals surface area contributed by atoms with Crippen molar-refractivity contribution in [2.75, 3.05) is 22.1 Å². The zero-order valence-electron chi connectivity index (χ0n) is 17.9. The van der Waals surface area contributed by atoms with E-state index < -0.39 is 6.04 Å². The van der Waals surface area contributed by atoms with E-state index in [0.717, 1.165) is 46.7 Å². The minimum atomic E-state index is -0.577. The monoisotopic (exact) mass is 413 g/mol. The summed E-state index contributed by atoms with van der Waals surface area (Å²) in [6, 6.07) is 22.8. The van der Waals surface area contributed by atoms with Crippen LogP contribution in [0, 0.1) is 13.8 Å². The Bertz CT molecular complexity index is 1070. The average molecular weight is 414 g/mol. The highest BCUT2D eigenvalue weighted by atomic mass is 16.2. The van der Waals surface area contributed by atoms with E-state index in [2.05, 4.69) is 16.7 Å². The van der Waals surface area contributed by atoms with Gasteiger partial charge in [0, 0.05) is 30.0 Å². The maximum atomic E-state index is 13.3. The fourth-order valence-corrected chi connectivity index (χ4v) is 4.06. The Balaban J connectivity index is 1.60. The van der Waals surface area contributed by atoms with Gasteiger partial charge in [-0.3, -0.25) is 9.59 Å². The second-order valence-electron chi connectivity index (χ2n) is 8.05. The topological polar surface area (TPSA) is 61.4 Å². The molecule has 5 heteroatoms. The molecule has 5 nitrogen and oxygen atoms in total. The van der Waals surface area contributed by atoms with Crippen LogP contribution in [0.2, 0.25) is 0 Å². The molecule has 1 fully saturated rings. The first-order valence-electron chi connectivity index (χ1n) is 10.6. The molecule has 31 heavy (non-hydrogen) atoms. The number of carbonyl (C=O) groups excluding carboxylic acids is 2. The highest BCUT2D eigenvalue weighted by Crippen LogP contribution is 2.27. The molecule has 2 N–H and O–H groups in total. The normalized spacial score (nSPS) is 14.4. The van der Waals surface area contributed by atoms with Crippen LogP contribution in [0.25, 0.3) is 0 Å². The zero-order chi connectivity index (χ0) is 21.8. The molecule has 3 aromatic rings. The second kappa shape index (κ2) is 9.04. The largest absolute Gasteiger partial charge is 0.370 e. The molecular weight excluding hydrogens is 386 g/mol. The minimum Gasteiger partial charge on any atom is -0.370 e. The number of benzene rings is 3. The maximum absolute atomic E-state index is 13.3. The average Bonchev–Trinajstić information content (AvgIpc) is 3.18. The molecule has 0 aromatic heterocycles. The Hall–Kier alpha value is -3.60. The van der Waals surface area contributed by atoms with Crippen LogP contribution in [0.1, 0.15) is 35.6 Å². The van der Waals surface area contributed by atoms with E-state index in [0.29, 0.717) is 6.42 Å². The fraction of sp³-hybridized carbons (Fsp3) is 0.231. The van der Waals surface area contributed by atoms with Crippen LogP contribution < -0.4 is 15.5 Å². The molecule has 1 atom stereocenters. The fourth-order valence-electron chi connectivity index (χ4n) is 4.06. The van der Waals surface area contributed by atoms with E-state index in [9.17, 15) is 9.59 Å². The summed E-state index contributed by atoms with van der Waals surface area (Å²) >= 11 is 0. The first-order chi connectivity index (χ1) is 15.0. The Morgan fingerprint density at radius 1 is 0.903 bits per heavy atom. The molecule has 158 valence electrons. The number of hydrogen-bond acceptors (Lipinski definition) is 3. The third-order valence-electron chi connectivity index (χ3n) is 5.43. The lowest BCUT2D eigenvalue weighted by Gasteiger charge is -2.22. The molecule has 2 amide bonds. The van der Waals surface area contributed by atoms with Gasteiger partial charge in [0.1, 0.15) is 6.04 Å². The highest BCUT2D eigenvalue weighted by molar-refractivity contribution is 5.98. The van der Waals surface area contributed by atoms with E-state index in [1.807, 2.05) is 80.6 Å². The third-order valence-corrected chi connectivity index (χ3v) is 5.43. The third kappa shape index (κ3) is 4.94. The molecule has 1 aliphatic heterocycles. The number of aryl methyl sites for hydroxylation is 2. The Morgan fingerprint density at radius 3 is 2.32 bits per heavy atom. The second-order valence-corrected chi connectivity index (χ2v) is 8.05. The van der Waals surface area contributed by atoms with Crippen molar-refractivity contribution < 1.29 is 9.59 Å². The van der Waals surface area contributed by atoms with Gasteiger partial charge in [0.05, 0.1) is 0 Å². The zero-order valence-corrected chi connectivity index (χ0v) is 17.9. The predicted octanol–water partition coefficient (Wildman–Crippen LogP) is 5.22. The summed E-state index contributed by atoms with van der Waals surface area (Å²) in [7, 11) is 0. The minimum absolute atomic E-state index is 0.140. The molecule has 0 bridgehead atoms. The van der Waals surface area contributed by atoms with E-state index in [1.54, 1.807) is 4.90 Å². The van der Waals surface area contributed by atoms with Crippen LogP contribution in [0.5, 0.6) is 0 Å². The van der Waals surface area contributed by atoms with Gasteiger partial charge in [-0.15, -0.1) is 0 Å². The molecule has 1 aliphatic rings. The van der Waals surface area contributed by atoms with E-state index in [1.165, 1.54) is 0 Å². The molecule has 4 rings (SSSR count). The van der Waals surface area contributed by atoms with Gasteiger partial charge < -0.3 is 15.5 Å². The van der Waals surface area contributed by atoms with Crippen molar-refractivity contribution in [2.45, 2.75) is 32.7 Å². The van der Waals surface area contributed by atoms with Crippen molar-refractivity contribution in [3.63, 3.8) is 0 Å². The van der Waals surface area contributed by atoms with Gasteiger partial charge in [-0.1, -0.05) is 42.5 Å². The van der Waals surface area contributed by atoms with Gasteiger partial charge in [0.2, 0.25) is 5.91 Å². The van der Waals surface area contributed by atoms with Gasteiger partial charge in [-0.05, 0) is 67.3 Å². The number of nitrogens with one attached hydrogen (secondary N) is 2. The number of rotatable bonds is 6. The standard InChI is InChI=1S/C26H27N3O2/c1-18-14-19(2)16-22(15-18)28-26(31)25(20-8-4-3-5-9-20)27-21-10-6-11-23(17-21)29-13-7-12-24(29)30/h3-6,8-11,14-17,25,27H,7,12-13H2,1-2H3,(H,28,31). The predicted molar refractivity (Wildman–Crippen MR) is 125 cm³/mol. The lowest BCUT2D eigenvalue weighted by atomic mass is 10.0. The summed E-state index contributed by atoms with van der Waals surface area (Å²) in [6.45, 7) is 4.76. The number of nitrogens with zero attached hydrogens (tertiary/aromatic N) is 1. The van der Waals surface area contributed by atoms with Crippen molar-refractivity contribution in [1.82, 2.24) is 0 Å². The first-order valence-corrected chi connectivity index (χ1v) is 10.6. The van der Waals surface area contributed by atoms with Crippen LogP contribution in [0.3, 0.4) is 0 Å². The van der Waals surface area contributed by atoms with Crippen LogP contribution in [0.4, 0.5) is 17.1 Å². The Labute approximate surface area is 183 Å². The van der Waals surface area contributed by atoms with Crippen molar-refractivity contribution in [1.29, 1.82) is 0 Å². The summed E-state index contributed by atoms with van der Waals surface area (Å²) in [5.41, 5.74) is 5.49. The van der Waals surface area contributed by atoms with Crippen LogP contribution in [-0.4, -0.2) is 18.4 Å². The lowest BCUT2D eigenvalue weighted by molar-refractivity contribution is -0.117. The molecule has 1 unspecified atom stereocenters. The van der Waals surface area contributed by atoms with Gasteiger partial charge in [-0.2, -0.15) is 0 Å². The highest BCUT2D eigenvalue weighted by Gasteiger charge is 2.24. The molecule has 0 spiro atoms. The lowest BCUT2D eigenvalue weighted by Crippen LogP contribution is -2.28. The Morgan fingerprint density at radius 2 is 1.65 bits per heavy atom. The van der Waals surface area contributed by atoms with Gasteiger partial charge >= 0.3 is 0 Å². The summed E-state index contributed by atoms with van der Waals surface area (Å²) in [4.78, 5) is 27.2. The summed E-state index contributed by atoms with van der Waals surface area (Å²) in [5, 5.41) is 6.43. The summed E-state index contributed by atoms with van der Waals surface area (Å²) in [5.74, 6) is 0.00294. The molecule has 1 saturated heterocycles. The van der Waals surface area contributed by atoms with Crippen LogP contribution in [0.15, 0.2) is 72.8 Å². The van der Waals surface area contributed by atoms with Crippen LogP contribution in [-0.2, 0) is 9.59 Å². The number of anilines is 3. The molecular formula is C26H27N3O2. The number of hydrogen-bond donors (Lipinski definition) is 2. The number of amides is 2. The van der Waals surface area contributed by atoms with Crippen molar-refractivity contribution in [2.24, 2.45) is 0 Å². The molecule has 0 radical (unpaired) electrons. The Kier molecular flexibility index (Phi) is 6.03. The first kappa shape index (κ1) is 20.7. The van der Waals surface area contributed by atoms with Crippen molar-refractivity contribution >= 4 is 28.9 Å². The van der Waals surface area contributed by atoms with E-state index in [-0.39, 0.29) is 11.8 Å². The van der Waals surface area contributed by atoms with Crippen LogP contribution >= 0.6 is 0 Å². The molecule has 3 aromatic carbocycles. The van der Waals surface area contributed by atoms with Crippen molar-refractivity contribution in [3.05, 3.63) is 89.5 Å². The van der Waals surface area contributed by atoms with E-state index >= 15 is 0 Å². The van der Waals surface area contributed by atoms with Gasteiger partial charge in [-0.25, -0.2) is 0 Å². The van der Waals surface area contributed by atoms with Gasteiger partial charge in [0.15, 0.2) is 0 Å².